The van der Waals surface area contributed by atoms with Gasteiger partial charge in [0, 0.05) is 4.47 Å². The van der Waals surface area contributed by atoms with Crippen LogP contribution in [0.4, 0.5) is 0 Å². The Morgan fingerprint density at radius 1 is 0.452 bits per heavy atom. The second-order valence-corrected chi connectivity index (χ2v) is 10.4. The summed E-state index contributed by atoms with van der Waals surface area (Å²) in [6.07, 6.45) is 0. The fraction of sp³-hybridized carbons (Fsp3) is 0.0244. The van der Waals surface area contributed by atoms with E-state index < -0.39 is 0 Å². The van der Waals surface area contributed by atoms with Crippen LogP contribution in [0.15, 0.2) is 174 Å². The maximum absolute atomic E-state index is 8.35. The molecule has 0 spiro atoms. The third-order valence-electron chi connectivity index (χ3n) is 6.85. The first-order valence-electron chi connectivity index (χ1n) is 18.4. The summed E-state index contributed by atoms with van der Waals surface area (Å²) in [7, 11) is 0. The van der Waals surface area contributed by atoms with Crippen molar-refractivity contribution in [2.24, 2.45) is 0 Å². The van der Waals surface area contributed by atoms with Crippen molar-refractivity contribution in [1.29, 1.82) is 0 Å². The molecule has 0 unspecified atom stereocenters. The molecule has 0 aliphatic carbocycles. The van der Waals surface area contributed by atoms with Gasteiger partial charge in [-0.25, -0.2) is 0 Å². The van der Waals surface area contributed by atoms with Crippen molar-refractivity contribution in [3.05, 3.63) is 180 Å². The summed E-state index contributed by atoms with van der Waals surface area (Å²) in [5.74, 6) is 0. The first-order chi connectivity index (χ1) is 24.8. The number of fused-ring (bicyclic) bond motifs is 4. The van der Waals surface area contributed by atoms with Crippen molar-refractivity contribution in [2.75, 3.05) is 0 Å². The average Bonchev–Trinajstić information content (AvgIpc) is 3.17. The van der Waals surface area contributed by atoms with Crippen molar-refractivity contribution in [3.63, 3.8) is 0 Å². The molecule has 0 heterocycles. The molecule has 0 bridgehead atoms. The van der Waals surface area contributed by atoms with Gasteiger partial charge in [0.25, 0.3) is 0 Å². The van der Waals surface area contributed by atoms with Crippen molar-refractivity contribution in [1.82, 2.24) is 0 Å². The number of hydrogen-bond acceptors (Lipinski definition) is 0. The van der Waals surface area contributed by atoms with Crippen LogP contribution in [0.3, 0.4) is 0 Å². The summed E-state index contributed by atoms with van der Waals surface area (Å²) in [4.78, 5) is 0. The number of benzene rings is 8. The van der Waals surface area contributed by atoms with Crippen LogP contribution in [0.1, 0.15) is 19.3 Å². The lowest BCUT2D eigenvalue weighted by molar-refractivity contribution is 1.48. The molecule has 0 saturated heterocycles. The molecule has 0 amide bonds. The molecule has 0 radical (unpaired) electrons. The maximum Gasteiger partial charge on any atom is 0.0629 e. The molecule has 1 heteroatoms. The normalized spacial score (nSPS) is 14.0. The number of rotatable bonds is 1. The van der Waals surface area contributed by atoms with E-state index in [9.17, 15) is 0 Å². The lowest BCUT2D eigenvalue weighted by Gasteiger charge is -2.11. The Morgan fingerprint density at radius 2 is 0.810 bits per heavy atom. The molecule has 42 heavy (non-hydrogen) atoms. The predicted octanol–water partition coefficient (Wildman–Crippen LogP) is 12.4. The molecule has 0 saturated carbocycles. The van der Waals surface area contributed by atoms with Gasteiger partial charge >= 0.3 is 0 Å². The molecule has 0 N–H and O–H groups in total. The van der Waals surface area contributed by atoms with Crippen LogP contribution in [-0.2, 0) is 0 Å². The van der Waals surface area contributed by atoms with E-state index in [0.29, 0.717) is 11.1 Å². The first-order valence-corrected chi connectivity index (χ1v) is 14.2. The largest absolute Gasteiger partial charge is 0.0629 e. The van der Waals surface area contributed by atoms with Crippen LogP contribution in [0.25, 0.3) is 54.2 Å². The highest BCUT2D eigenvalue weighted by Gasteiger charge is 2.08. The number of halogens is 1. The minimum absolute atomic E-state index is 0.124. The van der Waals surface area contributed by atoms with Crippen molar-refractivity contribution >= 4 is 59.0 Å². The Kier molecular flexibility index (Phi) is 5.49. The highest BCUT2D eigenvalue weighted by Crippen LogP contribution is 2.36. The third kappa shape index (κ3) is 5.98. The van der Waals surface area contributed by atoms with Crippen LogP contribution in [0.5, 0.6) is 0 Å². The Balaban J connectivity index is 0.000000146. The summed E-state index contributed by atoms with van der Waals surface area (Å²) in [6.45, 7) is 1.51. The van der Waals surface area contributed by atoms with Crippen LogP contribution in [-0.4, -0.2) is 0 Å². The molecule has 8 aromatic carbocycles. The minimum atomic E-state index is -0.372. The van der Waals surface area contributed by atoms with Gasteiger partial charge in [0.05, 0.1) is 13.7 Å². The summed E-state index contributed by atoms with van der Waals surface area (Å²) in [5, 5.41) is 8.81. The molecule has 0 atom stereocenters. The molecule has 0 fully saturated rings. The Bertz CT molecular complexity index is 2430. The monoisotopic (exact) mass is 612 g/mol. The van der Waals surface area contributed by atoms with E-state index >= 15 is 0 Å². The number of hydrogen-bond donors (Lipinski definition) is 0. The van der Waals surface area contributed by atoms with Gasteiger partial charge in [-0.15, -0.1) is 0 Å². The Labute approximate surface area is 270 Å². The second kappa shape index (κ2) is 12.9. The minimum Gasteiger partial charge on any atom is -0.0622 e. The topological polar surface area (TPSA) is 0 Å². The van der Waals surface area contributed by atoms with E-state index in [1.807, 2.05) is 48.5 Å². The molecule has 8 rings (SSSR count). The molecule has 202 valence electrons. The zero-order valence-corrected chi connectivity index (χ0v) is 24.4. The fourth-order valence-corrected chi connectivity index (χ4v) is 5.65. The average molecular weight is 614 g/mol. The van der Waals surface area contributed by atoms with Crippen LogP contribution < -0.4 is 0 Å². The SMILES string of the molecule is Brc1c2ccccc2cc2ccccc12.[2H]c1c([2H])c([2H])c(-c2c3ccccc3cc3ccccc23)c([2H])c1[2H].[2H]c1c([2H])c([2H])c(C)c([2H])c1[2H]. The van der Waals surface area contributed by atoms with Gasteiger partial charge < -0.3 is 0 Å². The summed E-state index contributed by atoms with van der Waals surface area (Å²) in [5.41, 5.74) is 1.23. The maximum atomic E-state index is 8.35. The first kappa shape index (κ1) is 18.0. The van der Waals surface area contributed by atoms with Gasteiger partial charge in [-0.3, -0.25) is 0 Å². The Hall–Kier alpha value is -4.72. The molecule has 0 aliphatic heterocycles. The second-order valence-electron chi connectivity index (χ2n) is 9.58. The van der Waals surface area contributed by atoms with Crippen molar-refractivity contribution < 1.29 is 13.7 Å². The summed E-state index contributed by atoms with van der Waals surface area (Å²) < 4.78 is 78.0. The zero-order chi connectivity index (χ0) is 37.4. The molecule has 0 aromatic heterocycles. The highest BCUT2D eigenvalue weighted by molar-refractivity contribution is 9.10. The highest BCUT2D eigenvalue weighted by atomic mass is 79.9. The van der Waals surface area contributed by atoms with Gasteiger partial charge in [0.2, 0.25) is 0 Å². The molecular formula is C41H31Br. The van der Waals surface area contributed by atoms with E-state index in [2.05, 4.69) is 76.6 Å². The van der Waals surface area contributed by atoms with Crippen LogP contribution in [0, 0.1) is 6.92 Å². The van der Waals surface area contributed by atoms with E-state index in [1.165, 1.54) is 32.9 Å². The molecule has 8 aromatic rings. The van der Waals surface area contributed by atoms with Gasteiger partial charge in [-0.1, -0.05) is 163 Å². The fourth-order valence-electron chi connectivity index (χ4n) is 4.93. The lowest BCUT2D eigenvalue weighted by Crippen LogP contribution is -1.84. The summed E-state index contributed by atoms with van der Waals surface area (Å²) in [6, 6.07) is 34.2. The van der Waals surface area contributed by atoms with Crippen molar-refractivity contribution in [3.8, 4) is 11.1 Å². The Morgan fingerprint density at radius 3 is 1.26 bits per heavy atom. The predicted molar refractivity (Wildman–Crippen MR) is 187 cm³/mol. The van der Waals surface area contributed by atoms with Crippen LogP contribution in [0.2, 0.25) is 0 Å². The molecular weight excluding hydrogens is 572 g/mol. The van der Waals surface area contributed by atoms with Gasteiger partial charge in [0.15, 0.2) is 0 Å². The van der Waals surface area contributed by atoms with E-state index in [-0.39, 0.29) is 66.0 Å². The van der Waals surface area contributed by atoms with Crippen molar-refractivity contribution in [2.45, 2.75) is 6.92 Å². The van der Waals surface area contributed by atoms with Gasteiger partial charge in [0.1, 0.15) is 0 Å². The zero-order valence-electron chi connectivity index (χ0n) is 32.8. The molecule has 0 aliphatic rings. The lowest BCUT2D eigenvalue weighted by atomic mass is 9.92. The summed E-state index contributed by atoms with van der Waals surface area (Å²) >= 11 is 3.68. The van der Waals surface area contributed by atoms with Gasteiger partial charge in [-0.2, -0.15) is 0 Å². The van der Waals surface area contributed by atoms with Gasteiger partial charge in [-0.05, 0) is 89.2 Å². The van der Waals surface area contributed by atoms with E-state index in [1.54, 1.807) is 0 Å². The van der Waals surface area contributed by atoms with E-state index in [0.717, 1.165) is 21.5 Å². The molecule has 0 nitrogen and oxygen atoms in total. The van der Waals surface area contributed by atoms with Crippen LogP contribution >= 0.6 is 15.9 Å². The third-order valence-corrected chi connectivity index (χ3v) is 7.71. The van der Waals surface area contributed by atoms with E-state index in [4.69, 9.17) is 13.7 Å². The standard InChI is InChI=1S/C20H14.C14H9Br.C7H8/c1-2-8-15(9-3-1)20-18-12-6-4-10-16(18)14-17-11-5-7-13-19(17)20;15-14-12-7-3-1-5-10(12)9-11-6-2-4-8-13(11)14;1-7-5-3-2-4-6-7/h1-14H;1-9H;2-6H,1H3/i1D,2D,3D,8D,9D;;2D,3D,4D,5D,6D. The quantitative estimate of drug-likeness (QED) is 0.162. The smallest absolute Gasteiger partial charge is 0.0622 e.